The Balaban J connectivity index is 1.99. The Bertz CT molecular complexity index is 474. The van der Waals surface area contributed by atoms with Gasteiger partial charge in [0.2, 0.25) is 0 Å². The van der Waals surface area contributed by atoms with Crippen LogP contribution in [0.15, 0.2) is 24.3 Å². The van der Waals surface area contributed by atoms with Crippen molar-refractivity contribution in [1.29, 1.82) is 0 Å². The largest absolute Gasteiger partial charge is 0.350 e. The molecule has 0 radical (unpaired) electrons. The second-order valence-corrected chi connectivity index (χ2v) is 4.98. The molecule has 3 nitrogen and oxygen atoms in total. The van der Waals surface area contributed by atoms with E-state index in [-0.39, 0.29) is 5.91 Å². The number of nitrogens with zero attached hydrogens (tertiary/aromatic N) is 1. The fraction of sp³-hybridized carbons (Fsp3) is 0.385. The number of rotatable bonds is 5. The predicted molar refractivity (Wildman–Crippen MR) is 71.5 cm³/mol. The molecule has 0 spiro atoms. The molecule has 2 rings (SSSR count). The molecule has 1 N–H and O–H groups in total. The number of benzene rings is 1. The molecule has 0 unspecified atom stereocenters. The SMILES string of the molecule is CCCCCNC(=O)c1nc2ccccc2s1. The zero-order valence-electron chi connectivity index (χ0n) is 9.90. The molecule has 0 atom stereocenters. The van der Waals surface area contributed by atoms with E-state index in [1.165, 1.54) is 11.3 Å². The van der Waals surface area contributed by atoms with Gasteiger partial charge in [-0.05, 0) is 18.6 Å². The highest BCUT2D eigenvalue weighted by molar-refractivity contribution is 7.20. The highest BCUT2D eigenvalue weighted by Crippen LogP contribution is 2.21. The molecule has 0 saturated carbocycles. The third-order valence-electron chi connectivity index (χ3n) is 2.55. The number of fused-ring (bicyclic) bond motifs is 1. The fourth-order valence-corrected chi connectivity index (χ4v) is 2.50. The van der Waals surface area contributed by atoms with E-state index < -0.39 is 0 Å². The number of hydrogen-bond donors (Lipinski definition) is 1. The van der Waals surface area contributed by atoms with E-state index in [0.29, 0.717) is 5.01 Å². The van der Waals surface area contributed by atoms with Crippen LogP contribution in [0, 0.1) is 0 Å². The van der Waals surface area contributed by atoms with Crippen LogP contribution in [-0.2, 0) is 0 Å². The minimum absolute atomic E-state index is 0.0534. The quantitative estimate of drug-likeness (QED) is 0.825. The first-order chi connectivity index (χ1) is 8.31. The summed E-state index contributed by atoms with van der Waals surface area (Å²) >= 11 is 1.45. The number of carbonyl (C=O) groups is 1. The van der Waals surface area contributed by atoms with Gasteiger partial charge in [-0.25, -0.2) is 4.98 Å². The molecule has 1 amide bonds. The zero-order valence-corrected chi connectivity index (χ0v) is 10.7. The molecule has 0 bridgehead atoms. The molecule has 17 heavy (non-hydrogen) atoms. The van der Waals surface area contributed by atoms with Gasteiger partial charge in [0, 0.05) is 6.54 Å². The highest BCUT2D eigenvalue weighted by atomic mass is 32.1. The predicted octanol–water partition coefficient (Wildman–Crippen LogP) is 3.22. The first-order valence-corrected chi connectivity index (χ1v) is 6.76. The lowest BCUT2D eigenvalue weighted by atomic mass is 10.2. The normalized spacial score (nSPS) is 10.6. The van der Waals surface area contributed by atoms with Crippen LogP contribution in [0.5, 0.6) is 0 Å². The Labute approximate surface area is 105 Å². The third kappa shape index (κ3) is 3.03. The van der Waals surface area contributed by atoms with Crippen molar-refractivity contribution in [1.82, 2.24) is 10.3 Å². The van der Waals surface area contributed by atoms with Crippen molar-refractivity contribution in [2.45, 2.75) is 26.2 Å². The van der Waals surface area contributed by atoms with Gasteiger partial charge in [0.15, 0.2) is 5.01 Å². The molecule has 2 aromatic rings. The number of unbranched alkanes of at least 4 members (excludes halogenated alkanes) is 2. The lowest BCUT2D eigenvalue weighted by molar-refractivity contribution is 0.0953. The summed E-state index contributed by atoms with van der Waals surface area (Å²) in [6.07, 6.45) is 3.35. The van der Waals surface area contributed by atoms with Crippen LogP contribution in [0.3, 0.4) is 0 Å². The summed E-state index contributed by atoms with van der Waals surface area (Å²) < 4.78 is 1.06. The second-order valence-electron chi connectivity index (χ2n) is 3.95. The number of para-hydroxylation sites is 1. The van der Waals surface area contributed by atoms with Crippen LogP contribution in [-0.4, -0.2) is 17.4 Å². The molecule has 90 valence electrons. The van der Waals surface area contributed by atoms with Gasteiger partial charge in [-0.1, -0.05) is 31.9 Å². The van der Waals surface area contributed by atoms with Crippen LogP contribution in [0.2, 0.25) is 0 Å². The monoisotopic (exact) mass is 248 g/mol. The number of aromatic nitrogens is 1. The van der Waals surface area contributed by atoms with Crippen molar-refractivity contribution in [3.63, 3.8) is 0 Å². The van der Waals surface area contributed by atoms with Gasteiger partial charge in [0.1, 0.15) is 0 Å². The van der Waals surface area contributed by atoms with Crippen LogP contribution in [0.4, 0.5) is 0 Å². The average Bonchev–Trinajstić information content (AvgIpc) is 2.78. The van der Waals surface area contributed by atoms with Gasteiger partial charge in [0.05, 0.1) is 10.2 Å². The maximum Gasteiger partial charge on any atom is 0.280 e. The summed E-state index contributed by atoms with van der Waals surface area (Å²) in [5, 5.41) is 3.46. The molecule has 0 fully saturated rings. The fourth-order valence-electron chi connectivity index (χ4n) is 1.62. The van der Waals surface area contributed by atoms with E-state index >= 15 is 0 Å². The Morgan fingerprint density at radius 3 is 2.94 bits per heavy atom. The van der Waals surface area contributed by atoms with Crippen molar-refractivity contribution >= 4 is 27.5 Å². The van der Waals surface area contributed by atoms with Crippen molar-refractivity contribution in [2.75, 3.05) is 6.54 Å². The van der Waals surface area contributed by atoms with E-state index in [4.69, 9.17) is 0 Å². The van der Waals surface area contributed by atoms with Crippen molar-refractivity contribution in [3.8, 4) is 0 Å². The van der Waals surface area contributed by atoms with E-state index in [1.807, 2.05) is 24.3 Å². The zero-order chi connectivity index (χ0) is 12.1. The van der Waals surface area contributed by atoms with Crippen LogP contribution in [0.25, 0.3) is 10.2 Å². The molecule has 0 aliphatic rings. The molecule has 1 aromatic carbocycles. The molecule has 4 heteroatoms. The maximum atomic E-state index is 11.8. The van der Waals surface area contributed by atoms with E-state index in [1.54, 1.807) is 0 Å². The van der Waals surface area contributed by atoms with Crippen molar-refractivity contribution < 1.29 is 4.79 Å². The van der Waals surface area contributed by atoms with Crippen LogP contribution < -0.4 is 5.32 Å². The smallest absolute Gasteiger partial charge is 0.280 e. The number of amides is 1. The summed E-state index contributed by atoms with van der Waals surface area (Å²) in [4.78, 5) is 16.1. The summed E-state index contributed by atoms with van der Waals surface area (Å²) in [7, 11) is 0. The Morgan fingerprint density at radius 1 is 1.35 bits per heavy atom. The van der Waals surface area contributed by atoms with Gasteiger partial charge in [-0.15, -0.1) is 11.3 Å². The van der Waals surface area contributed by atoms with Crippen molar-refractivity contribution in [3.05, 3.63) is 29.3 Å². The highest BCUT2D eigenvalue weighted by Gasteiger charge is 2.10. The molecule has 0 saturated heterocycles. The van der Waals surface area contributed by atoms with Crippen LogP contribution in [0.1, 0.15) is 36.0 Å². The van der Waals surface area contributed by atoms with E-state index in [2.05, 4.69) is 17.2 Å². The van der Waals surface area contributed by atoms with Gasteiger partial charge < -0.3 is 5.32 Å². The Hall–Kier alpha value is -1.42. The third-order valence-corrected chi connectivity index (χ3v) is 3.59. The van der Waals surface area contributed by atoms with Gasteiger partial charge in [0.25, 0.3) is 5.91 Å². The van der Waals surface area contributed by atoms with Crippen LogP contribution >= 0.6 is 11.3 Å². The first kappa shape index (κ1) is 12.0. The van der Waals surface area contributed by atoms with Crippen molar-refractivity contribution in [2.24, 2.45) is 0 Å². The topological polar surface area (TPSA) is 42.0 Å². The summed E-state index contributed by atoms with van der Waals surface area (Å²) in [6, 6.07) is 7.81. The van der Waals surface area contributed by atoms with Gasteiger partial charge >= 0.3 is 0 Å². The summed E-state index contributed by atoms with van der Waals surface area (Å²) in [5.74, 6) is -0.0534. The van der Waals surface area contributed by atoms with E-state index in [0.717, 1.165) is 36.0 Å². The standard InChI is InChI=1S/C13H16N2OS/c1-2-3-6-9-14-12(16)13-15-10-7-4-5-8-11(10)17-13/h4-5,7-8H,2-3,6,9H2,1H3,(H,14,16). The maximum absolute atomic E-state index is 11.8. The number of nitrogens with one attached hydrogen (secondary N) is 1. The minimum Gasteiger partial charge on any atom is -0.350 e. The lowest BCUT2D eigenvalue weighted by Gasteiger charge is -2.00. The molecule has 0 aliphatic carbocycles. The number of thiazole rings is 1. The molecular formula is C13H16N2OS. The molecular weight excluding hydrogens is 232 g/mol. The first-order valence-electron chi connectivity index (χ1n) is 5.95. The average molecular weight is 248 g/mol. The van der Waals surface area contributed by atoms with E-state index in [9.17, 15) is 4.79 Å². The van der Waals surface area contributed by atoms with Gasteiger partial charge in [-0.3, -0.25) is 4.79 Å². The van der Waals surface area contributed by atoms with Gasteiger partial charge in [-0.2, -0.15) is 0 Å². The lowest BCUT2D eigenvalue weighted by Crippen LogP contribution is -2.24. The molecule has 0 aliphatic heterocycles. The Morgan fingerprint density at radius 2 is 2.18 bits per heavy atom. The molecule has 1 aromatic heterocycles. The Kier molecular flexibility index (Phi) is 4.09. The summed E-state index contributed by atoms with van der Waals surface area (Å²) in [5.41, 5.74) is 0.899. The number of hydrogen-bond acceptors (Lipinski definition) is 3. The second kappa shape index (κ2) is 5.77. The number of carbonyl (C=O) groups excluding carboxylic acids is 1. The molecule has 1 heterocycles. The summed E-state index contributed by atoms with van der Waals surface area (Å²) in [6.45, 7) is 2.89. The minimum atomic E-state index is -0.0534.